The van der Waals surface area contributed by atoms with Crippen LogP contribution in [0.4, 0.5) is 0 Å². The fourth-order valence-electron chi connectivity index (χ4n) is 3.36. The predicted octanol–water partition coefficient (Wildman–Crippen LogP) is 0.484. The molecule has 1 unspecified atom stereocenters. The molecule has 2 aliphatic heterocycles. The summed E-state index contributed by atoms with van der Waals surface area (Å²) in [5.41, 5.74) is 2.20. The SMILES string of the molecule is O=S1(=O)CCC(N2CCN(Cc3ccc(CO)cc3)CC2)C1. The van der Waals surface area contributed by atoms with Crippen LogP contribution in [0.2, 0.25) is 0 Å². The van der Waals surface area contributed by atoms with Crippen LogP contribution >= 0.6 is 0 Å². The highest BCUT2D eigenvalue weighted by Crippen LogP contribution is 2.20. The van der Waals surface area contributed by atoms with Crippen LogP contribution < -0.4 is 0 Å². The van der Waals surface area contributed by atoms with E-state index in [1.165, 1.54) is 5.56 Å². The van der Waals surface area contributed by atoms with Gasteiger partial charge >= 0.3 is 0 Å². The van der Waals surface area contributed by atoms with Gasteiger partial charge in [-0.25, -0.2) is 8.42 Å². The van der Waals surface area contributed by atoms with Crippen molar-refractivity contribution in [3.05, 3.63) is 35.4 Å². The lowest BCUT2D eigenvalue weighted by Crippen LogP contribution is -2.50. The number of benzene rings is 1. The summed E-state index contributed by atoms with van der Waals surface area (Å²) in [4.78, 5) is 4.75. The molecule has 0 aliphatic carbocycles. The molecule has 6 heteroatoms. The minimum absolute atomic E-state index is 0.0866. The lowest BCUT2D eigenvalue weighted by molar-refractivity contribution is 0.100. The van der Waals surface area contributed by atoms with E-state index in [2.05, 4.69) is 21.9 Å². The van der Waals surface area contributed by atoms with Crippen molar-refractivity contribution in [2.24, 2.45) is 0 Å². The molecule has 0 radical (unpaired) electrons. The van der Waals surface area contributed by atoms with E-state index in [1.54, 1.807) is 0 Å². The lowest BCUT2D eigenvalue weighted by Gasteiger charge is -2.37. The van der Waals surface area contributed by atoms with Gasteiger partial charge in [0.2, 0.25) is 0 Å². The van der Waals surface area contributed by atoms with Crippen molar-refractivity contribution in [2.45, 2.75) is 25.6 Å². The number of hydrogen-bond donors (Lipinski definition) is 1. The molecule has 2 fully saturated rings. The van der Waals surface area contributed by atoms with Crippen molar-refractivity contribution < 1.29 is 13.5 Å². The Morgan fingerprint density at radius 1 is 1.05 bits per heavy atom. The summed E-state index contributed by atoms with van der Waals surface area (Å²) in [7, 11) is -2.79. The summed E-state index contributed by atoms with van der Waals surface area (Å²) in [6, 6.07) is 8.31. The number of sulfone groups is 1. The highest BCUT2D eigenvalue weighted by atomic mass is 32.2. The molecule has 0 bridgehead atoms. The Bertz CT molecular complexity index is 592. The molecule has 122 valence electrons. The highest BCUT2D eigenvalue weighted by molar-refractivity contribution is 7.91. The smallest absolute Gasteiger partial charge is 0.151 e. The molecule has 1 N–H and O–H groups in total. The van der Waals surface area contributed by atoms with Crippen molar-refractivity contribution in [3.63, 3.8) is 0 Å². The van der Waals surface area contributed by atoms with E-state index in [-0.39, 0.29) is 12.6 Å². The first-order valence-electron chi connectivity index (χ1n) is 7.91. The Hall–Kier alpha value is -0.950. The zero-order valence-electron chi connectivity index (χ0n) is 12.8. The van der Waals surface area contributed by atoms with E-state index in [9.17, 15) is 8.42 Å². The molecule has 1 aromatic carbocycles. The van der Waals surface area contributed by atoms with Crippen LogP contribution in [0.3, 0.4) is 0 Å². The topological polar surface area (TPSA) is 60.9 Å². The number of rotatable bonds is 4. The third-order valence-electron chi connectivity index (χ3n) is 4.74. The molecule has 1 aromatic rings. The molecule has 1 atom stereocenters. The molecule has 0 aromatic heterocycles. The first-order chi connectivity index (χ1) is 10.6. The first-order valence-corrected chi connectivity index (χ1v) is 9.73. The Labute approximate surface area is 132 Å². The Morgan fingerprint density at radius 3 is 2.23 bits per heavy atom. The molecule has 2 saturated heterocycles. The molecule has 2 heterocycles. The number of aliphatic hydroxyl groups excluding tert-OH is 1. The van der Waals surface area contributed by atoms with Crippen LogP contribution in [0.5, 0.6) is 0 Å². The molecule has 5 nitrogen and oxygen atoms in total. The van der Waals surface area contributed by atoms with Crippen LogP contribution in [0.15, 0.2) is 24.3 Å². The molecule has 22 heavy (non-hydrogen) atoms. The minimum atomic E-state index is -2.79. The van der Waals surface area contributed by atoms with Gasteiger partial charge in [0.05, 0.1) is 18.1 Å². The van der Waals surface area contributed by atoms with Crippen molar-refractivity contribution in [1.82, 2.24) is 9.80 Å². The Balaban J connectivity index is 1.49. The summed E-state index contributed by atoms with van der Waals surface area (Å²) in [5, 5.41) is 9.06. The molecular formula is C16H24N2O3S. The Morgan fingerprint density at radius 2 is 1.68 bits per heavy atom. The van der Waals surface area contributed by atoms with Gasteiger partial charge in [-0.15, -0.1) is 0 Å². The number of nitrogens with zero attached hydrogens (tertiary/aromatic N) is 2. The fourth-order valence-corrected chi connectivity index (χ4v) is 5.12. The van der Waals surface area contributed by atoms with Crippen molar-refractivity contribution in [2.75, 3.05) is 37.7 Å². The zero-order chi connectivity index (χ0) is 15.6. The van der Waals surface area contributed by atoms with E-state index in [4.69, 9.17) is 5.11 Å². The van der Waals surface area contributed by atoms with Gasteiger partial charge in [-0.2, -0.15) is 0 Å². The van der Waals surface area contributed by atoms with Gasteiger partial charge in [0, 0.05) is 38.8 Å². The Kier molecular flexibility index (Phi) is 4.82. The van der Waals surface area contributed by atoms with Gasteiger partial charge in [-0.05, 0) is 17.5 Å². The van der Waals surface area contributed by atoms with Crippen LogP contribution in [-0.2, 0) is 23.0 Å². The summed E-state index contributed by atoms with van der Waals surface area (Å²) < 4.78 is 23.2. The second-order valence-electron chi connectivity index (χ2n) is 6.34. The maximum Gasteiger partial charge on any atom is 0.151 e. The van der Waals surface area contributed by atoms with Gasteiger partial charge in [0.15, 0.2) is 9.84 Å². The molecule has 0 spiro atoms. The second-order valence-corrected chi connectivity index (χ2v) is 8.57. The van der Waals surface area contributed by atoms with Gasteiger partial charge in [-0.3, -0.25) is 9.80 Å². The summed E-state index contributed by atoms with van der Waals surface area (Å²) in [6.07, 6.45) is 0.797. The second kappa shape index (κ2) is 6.66. The quantitative estimate of drug-likeness (QED) is 0.873. The minimum Gasteiger partial charge on any atom is -0.392 e. The van der Waals surface area contributed by atoms with E-state index < -0.39 is 9.84 Å². The van der Waals surface area contributed by atoms with Crippen LogP contribution in [0.1, 0.15) is 17.5 Å². The number of piperazine rings is 1. The summed E-state index contributed by atoms with van der Waals surface area (Å²) >= 11 is 0. The van der Waals surface area contributed by atoms with Crippen LogP contribution in [0.25, 0.3) is 0 Å². The van der Waals surface area contributed by atoms with Crippen LogP contribution in [0, 0.1) is 0 Å². The molecule has 3 rings (SSSR count). The maximum absolute atomic E-state index is 11.6. The van der Waals surface area contributed by atoms with Crippen molar-refractivity contribution >= 4 is 9.84 Å². The molecule has 0 amide bonds. The normalized spacial score (nSPS) is 26.3. The number of aliphatic hydroxyl groups is 1. The average Bonchev–Trinajstić information content (AvgIpc) is 2.89. The molecular weight excluding hydrogens is 300 g/mol. The van der Waals surface area contributed by atoms with Crippen LogP contribution in [-0.4, -0.2) is 67.1 Å². The highest BCUT2D eigenvalue weighted by Gasteiger charge is 2.33. The largest absolute Gasteiger partial charge is 0.392 e. The predicted molar refractivity (Wildman–Crippen MR) is 86.3 cm³/mol. The maximum atomic E-state index is 11.6. The fraction of sp³-hybridized carbons (Fsp3) is 0.625. The summed E-state index contributed by atoms with van der Waals surface area (Å²) in [5.74, 6) is 0.699. The van der Waals surface area contributed by atoms with E-state index >= 15 is 0 Å². The summed E-state index contributed by atoms with van der Waals surface area (Å²) in [6.45, 7) is 4.88. The van der Waals surface area contributed by atoms with Gasteiger partial charge in [-0.1, -0.05) is 24.3 Å². The average molecular weight is 324 g/mol. The monoisotopic (exact) mass is 324 g/mol. The van der Waals surface area contributed by atoms with Gasteiger partial charge < -0.3 is 5.11 Å². The third kappa shape index (κ3) is 3.87. The van der Waals surface area contributed by atoms with Crippen molar-refractivity contribution in [1.29, 1.82) is 0 Å². The van der Waals surface area contributed by atoms with E-state index in [1.807, 2.05) is 12.1 Å². The molecule has 0 saturated carbocycles. The first kappa shape index (κ1) is 15.9. The van der Waals surface area contributed by atoms with Gasteiger partial charge in [0.25, 0.3) is 0 Å². The number of hydrogen-bond acceptors (Lipinski definition) is 5. The standard InChI is InChI=1S/C16H24N2O3S/c19-12-15-3-1-14(2-4-15)11-17-6-8-18(9-7-17)16-5-10-22(20,21)13-16/h1-4,16,19H,5-13H2. The van der Waals surface area contributed by atoms with Crippen molar-refractivity contribution in [3.8, 4) is 0 Å². The molecule has 2 aliphatic rings. The third-order valence-corrected chi connectivity index (χ3v) is 6.49. The zero-order valence-corrected chi connectivity index (χ0v) is 13.6. The van der Waals surface area contributed by atoms with Gasteiger partial charge in [0.1, 0.15) is 0 Å². The van der Waals surface area contributed by atoms with E-state index in [0.717, 1.165) is 44.7 Å². The van der Waals surface area contributed by atoms with E-state index in [0.29, 0.717) is 11.5 Å². The lowest BCUT2D eigenvalue weighted by atomic mass is 10.1.